The molecule has 5 aliphatic rings. The van der Waals surface area contributed by atoms with Gasteiger partial charge in [0, 0.05) is 42.6 Å². The lowest BCUT2D eigenvalue weighted by Crippen LogP contribution is -2.42. The van der Waals surface area contributed by atoms with Gasteiger partial charge < -0.3 is 19.4 Å². The molecule has 3 heterocycles. The van der Waals surface area contributed by atoms with Gasteiger partial charge in [0.05, 0.1) is 19.5 Å². The van der Waals surface area contributed by atoms with Crippen LogP contribution < -0.4 is 5.32 Å². The summed E-state index contributed by atoms with van der Waals surface area (Å²) in [5.41, 5.74) is 2.20. The first kappa shape index (κ1) is 18.0. The number of hydrogen-bond donors (Lipinski definition) is 1. The van der Waals surface area contributed by atoms with E-state index in [-0.39, 0.29) is 17.4 Å². The van der Waals surface area contributed by atoms with Gasteiger partial charge in [0.25, 0.3) is 5.91 Å². The Bertz CT molecular complexity index is 834. The van der Waals surface area contributed by atoms with Crippen molar-refractivity contribution in [1.82, 2.24) is 10.2 Å². The zero-order valence-electron chi connectivity index (χ0n) is 17.0. The van der Waals surface area contributed by atoms with Crippen molar-refractivity contribution in [3.63, 3.8) is 0 Å². The van der Waals surface area contributed by atoms with Crippen molar-refractivity contribution in [3.05, 3.63) is 23.2 Å². The zero-order chi connectivity index (χ0) is 19.6. The lowest BCUT2D eigenvalue weighted by molar-refractivity contribution is -0.134. The molecule has 1 unspecified atom stereocenters. The number of fused-ring (bicyclic) bond motifs is 1. The molecule has 3 aliphatic carbocycles. The number of rotatable bonds is 4. The van der Waals surface area contributed by atoms with Crippen molar-refractivity contribution >= 4 is 11.8 Å². The Labute approximate surface area is 171 Å². The summed E-state index contributed by atoms with van der Waals surface area (Å²) in [6.45, 7) is 2.89. The summed E-state index contributed by atoms with van der Waals surface area (Å²) in [6.07, 6.45) is 10.6. The Morgan fingerprint density at radius 1 is 1.21 bits per heavy atom. The molecule has 0 aromatic carbocycles. The summed E-state index contributed by atoms with van der Waals surface area (Å²) in [7, 11) is 0. The van der Waals surface area contributed by atoms with Crippen LogP contribution in [0.2, 0.25) is 0 Å². The minimum atomic E-state index is -0.0881. The second-order valence-electron chi connectivity index (χ2n) is 9.99. The molecule has 3 saturated carbocycles. The van der Waals surface area contributed by atoms with E-state index >= 15 is 0 Å². The number of likely N-dealkylation sites (tertiary alicyclic amines) is 1. The molecule has 6 heteroatoms. The molecular weight excluding hydrogens is 368 g/mol. The van der Waals surface area contributed by atoms with Gasteiger partial charge in [-0.15, -0.1) is 0 Å². The SMILES string of the molecule is O=C(NC1CC12CCN(C(=O)[C@@H]1C[C@H]1C1CCC1)CC2)c1occ2c1CCOC2. The average molecular weight is 399 g/mol. The fraction of sp³-hybridized carbons (Fsp3) is 0.739. The number of nitrogens with zero attached hydrogens (tertiary/aromatic N) is 1. The van der Waals surface area contributed by atoms with E-state index in [2.05, 4.69) is 10.2 Å². The first-order chi connectivity index (χ1) is 14.1. The van der Waals surface area contributed by atoms with E-state index in [1.165, 1.54) is 19.3 Å². The van der Waals surface area contributed by atoms with Crippen molar-refractivity contribution < 1.29 is 18.7 Å². The molecule has 0 bridgehead atoms. The fourth-order valence-corrected chi connectivity index (χ4v) is 5.98. The largest absolute Gasteiger partial charge is 0.459 e. The third kappa shape index (κ3) is 3.02. The second kappa shape index (κ2) is 6.59. The molecule has 1 N–H and O–H groups in total. The van der Waals surface area contributed by atoms with E-state index in [9.17, 15) is 9.59 Å². The fourth-order valence-electron chi connectivity index (χ4n) is 5.98. The lowest BCUT2D eigenvalue weighted by Gasteiger charge is -2.33. The topological polar surface area (TPSA) is 71.8 Å². The summed E-state index contributed by atoms with van der Waals surface area (Å²) in [5, 5.41) is 3.21. The summed E-state index contributed by atoms with van der Waals surface area (Å²) in [6, 6.07) is 0.219. The van der Waals surface area contributed by atoms with Gasteiger partial charge in [-0.05, 0) is 42.9 Å². The monoisotopic (exact) mass is 398 g/mol. The third-order valence-corrected chi connectivity index (χ3v) is 8.42. The average Bonchev–Trinajstić information content (AvgIpc) is 3.55. The zero-order valence-corrected chi connectivity index (χ0v) is 17.0. The highest BCUT2D eigenvalue weighted by atomic mass is 16.5. The van der Waals surface area contributed by atoms with Crippen LogP contribution in [0.3, 0.4) is 0 Å². The standard InChI is InChI=1S/C23H30N2O4/c26-21(20-16-4-9-28-12-15(16)13-29-20)24-19-11-23(19)5-7-25(8-6-23)22(27)18-10-17(18)14-2-1-3-14/h13-14,17-19H,1-12H2,(H,24,26)/t17-,18+,19?/m0/s1. The Morgan fingerprint density at radius 2 is 2.03 bits per heavy atom. The Hall–Kier alpha value is -1.82. The number of amides is 2. The summed E-state index contributed by atoms with van der Waals surface area (Å²) in [5.74, 6) is 2.62. The van der Waals surface area contributed by atoms with E-state index in [0.717, 1.165) is 62.2 Å². The highest BCUT2D eigenvalue weighted by Gasteiger charge is 2.57. The van der Waals surface area contributed by atoms with Gasteiger partial charge in [-0.2, -0.15) is 0 Å². The number of nitrogens with one attached hydrogen (secondary N) is 1. The number of carbonyl (C=O) groups is 2. The van der Waals surface area contributed by atoms with Crippen LogP contribution in [0.15, 0.2) is 10.7 Å². The van der Waals surface area contributed by atoms with Gasteiger partial charge in [0.2, 0.25) is 5.91 Å². The van der Waals surface area contributed by atoms with E-state index in [4.69, 9.17) is 9.15 Å². The molecule has 2 aliphatic heterocycles. The Morgan fingerprint density at radius 3 is 2.79 bits per heavy atom. The minimum Gasteiger partial charge on any atom is -0.459 e. The number of ether oxygens (including phenoxy) is 1. The molecule has 3 atom stereocenters. The summed E-state index contributed by atoms with van der Waals surface area (Å²) in [4.78, 5) is 27.7. The minimum absolute atomic E-state index is 0.0881. The van der Waals surface area contributed by atoms with Gasteiger partial charge in [-0.3, -0.25) is 9.59 Å². The first-order valence-corrected chi connectivity index (χ1v) is 11.4. The van der Waals surface area contributed by atoms with Gasteiger partial charge in [0.15, 0.2) is 5.76 Å². The van der Waals surface area contributed by atoms with E-state index in [1.54, 1.807) is 6.26 Å². The maximum Gasteiger partial charge on any atom is 0.287 e. The maximum absolute atomic E-state index is 12.8. The smallest absolute Gasteiger partial charge is 0.287 e. The predicted octanol–water partition coefficient (Wildman–Crippen LogP) is 2.90. The first-order valence-electron chi connectivity index (χ1n) is 11.4. The van der Waals surface area contributed by atoms with Gasteiger partial charge in [-0.25, -0.2) is 0 Å². The predicted molar refractivity (Wildman–Crippen MR) is 105 cm³/mol. The quantitative estimate of drug-likeness (QED) is 0.847. The molecule has 1 aromatic rings. The van der Waals surface area contributed by atoms with Gasteiger partial charge in [-0.1, -0.05) is 19.3 Å². The van der Waals surface area contributed by atoms with Gasteiger partial charge >= 0.3 is 0 Å². The van der Waals surface area contributed by atoms with E-state index in [0.29, 0.717) is 36.7 Å². The molecule has 1 saturated heterocycles. The molecule has 4 fully saturated rings. The molecule has 1 aromatic heterocycles. The molecule has 6 rings (SSSR count). The number of hydrogen-bond acceptors (Lipinski definition) is 4. The van der Waals surface area contributed by atoms with Crippen LogP contribution in [0.4, 0.5) is 0 Å². The summed E-state index contributed by atoms with van der Waals surface area (Å²) < 4.78 is 11.0. The van der Waals surface area contributed by atoms with Crippen LogP contribution >= 0.6 is 0 Å². The van der Waals surface area contributed by atoms with Crippen LogP contribution in [0.5, 0.6) is 0 Å². The van der Waals surface area contributed by atoms with Crippen molar-refractivity contribution in [1.29, 1.82) is 0 Å². The Kier molecular flexibility index (Phi) is 4.09. The van der Waals surface area contributed by atoms with Crippen LogP contribution in [-0.4, -0.2) is 42.5 Å². The number of furan rings is 1. The summed E-state index contributed by atoms with van der Waals surface area (Å²) >= 11 is 0. The van der Waals surface area contributed by atoms with Gasteiger partial charge in [0.1, 0.15) is 0 Å². The molecule has 6 nitrogen and oxygen atoms in total. The third-order valence-electron chi connectivity index (χ3n) is 8.42. The second-order valence-corrected chi connectivity index (χ2v) is 9.99. The molecule has 2 amide bonds. The maximum atomic E-state index is 12.8. The highest BCUT2D eigenvalue weighted by Crippen LogP contribution is 2.56. The molecule has 156 valence electrons. The Balaban J connectivity index is 1.02. The van der Waals surface area contributed by atoms with Crippen LogP contribution in [0.25, 0.3) is 0 Å². The van der Waals surface area contributed by atoms with Crippen LogP contribution in [-0.2, 0) is 22.6 Å². The molecular formula is C23H30N2O4. The van der Waals surface area contributed by atoms with Crippen molar-refractivity contribution in [2.24, 2.45) is 23.2 Å². The molecule has 0 radical (unpaired) electrons. The van der Waals surface area contributed by atoms with Crippen molar-refractivity contribution in [2.45, 2.75) is 64.0 Å². The molecule has 1 spiro atoms. The normalized spacial score (nSPS) is 32.4. The highest BCUT2D eigenvalue weighted by molar-refractivity contribution is 5.93. The molecule has 29 heavy (non-hydrogen) atoms. The van der Waals surface area contributed by atoms with E-state index in [1.807, 2.05) is 0 Å². The van der Waals surface area contributed by atoms with Crippen LogP contribution in [0, 0.1) is 23.2 Å². The van der Waals surface area contributed by atoms with Crippen molar-refractivity contribution in [3.8, 4) is 0 Å². The van der Waals surface area contributed by atoms with E-state index < -0.39 is 0 Å². The van der Waals surface area contributed by atoms with Crippen LogP contribution in [0.1, 0.15) is 66.6 Å². The number of carbonyl (C=O) groups excluding carboxylic acids is 2. The van der Waals surface area contributed by atoms with Crippen molar-refractivity contribution in [2.75, 3.05) is 19.7 Å². The number of piperidine rings is 1. The lowest BCUT2D eigenvalue weighted by atomic mass is 9.81.